The van der Waals surface area contributed by atoms with Crippen molar-refractivity contribution in [2.24, 2.45) is 0 Å². The van der Waals surface area contributed by atoms with E-state index in [0.717, 1.165) is 42.6 Å². The molecule has 0 bridgehead atoms. The topological polar surface area (TPSA) is 34.6 Å². The van der Waals surface area contributed by atoms with Crippen molar-refractivity contribution in [3.05, 3.63) is 45.4 Å². The van der Waals surface area contributed by atoms with E-state index >= 15 is 0 Å². The van der Waals surface area contributed by atoms with Gasteiger partial charge in [0.25, 0.3) is 0 Å². The normalized spacial score (nSPS) is 23.0. The van der Waals surface area contributed by atoms with Gasteiger partial charge in [0.05, 0.1) is 19.3 Å². The Morgan fingerprint density at radius 1 is 1.38 bits per heavy atom. The van der Waals surface area contributed by atoms with Crippen LogP contribution >= 0.6 is 11.3 Å². The van der Waals surface area contributed by atoms with Gasteiger partial charge in [0.15, 0.2) is 0 Å². The molecule has 4 nitrogen and oxygen atoms in total. The van der Waals surface area contributed by atoms with Gasteiger partial charge in [-0.3, -0.25) is 4.90 Å². The van der Waals surface area contributed by atoms with Crippen LogP contribution < -0.4 is 4.74 Å². The molecule has 0 radical (unpaired) electrons. The van der Waals surface area contributed by atoms with E-state index in [1.165, 1.54) is 11.1 Å². The number of morpholine rings is 1. The molecule has 1 atom stereocenters. The van der Waals surface area contributed by atoms with Crippen molar-refractivity contribution in [3.63, 3.8) is 0 Å². The van der Waals surface area contributed by atoms with Gasteiger partial charge >= 0.3 is 0 Å². The first-order chi connectivity index (χ1) is 11.5. The maximum Gasteiger partial charge on any atom is 0.127 e. The Labute approximate surface area is 147 Å². The van der Waals surface area contributed by atoms with Gasteiger partial charge in [-0.2, -0.15) is 0 Å². The molecule has 1 fully saturated rings. The van der Waals surface area contributed by atoms with Crippen molar-refractivity contribution in [2.75, 3.05) is 19.8 Å². The van der Waals surface area contributed by atoms with Crippen molar-refractivity contribution in [2.45, 2.75) is 45.4 Å². The third-order valence-corrected chi connectivity index (χ3v) is 5.77. The quantitative estimate of drug-likeness (QED) is 0.849. The molecule has 24 heavy (non-hydrogen) atoms. The van der Waals surface area contributed by atoms with Crippen molar-refractivity contribution in [1.29, 1.82) is 0 Å². The number of aromatic nitrogens is 1. The first kappa shape index (κ1) is 16.1. The van der Waals surface area contributed by atoms with Gasteiger partial charge in [0.1, 0.15) is 16.4 Å². The molecule has 0 spiro atoms. The summed E-state index contributed by atoms with van der Waals surface area (Å²) in [5, 5.41) is 3.27. The molecule has 2 aliphatic rings. The van der Waals surface area contributed by atoms with E-state index in [4.69, 9.17) is 9.47 Å². The molecule has 4 rings (SSSR count). The Morgan fingerprint density at radius 3 is 3.04 bits per heavy atom. The third-order valence-electron chi connectivity index (χ3n) is 4.71. The van der Waals surface area contributed by atoms with Crippen LogP contribution in [0.2, 0.25) is 0 Å². The summed E-state index contributed by atoms with van der Waals surface area (Å²) in [5.41, 5.74) is 3.59. The molecule has 0 amide bonds. The van der Waals surface area contributed by atoms with Crippen LogP contribution in [0.25, 0.3) is 0 Å². The number of aryl methyl sites for hydroxylation is 1. The SMILES string of the molecule is Cc1csc(C2COCCN2Cc2cccc3c2OC(C)(C)C3)n1. The number of hydrogen-bond donors (Lipinski definition) is 0. The van der Waals surface area contributed by atoms with Crippen LogP contribution in [0.15, 0.2) is 23.6 Å². The summed E-state index contributed by atoms with van der Waals surface area (Å²) in [7, 11) is 0. The van der Waals surface area contributed by atoms with Crippen molar-refractivity contribution >= 4 is 11.3 Å². The minimum absolute atomic E-state index is 0.102. The van der Waals surface area contributed by atoms with Gasteiger partial charge in [-0.15, -0.1) is 11.3 Å². The van der Waals surface area contributed by atoms with Crippen molar-refractivity contribution in [3.8, 4) is 5.75 Å². The smallest absolute Gasteiger partial charge is 0.127 e. The van der Waals surface area contributed by atoms with Gasteiger partial charge in [-0.05, 0) is 26.3 Å². The number of hydrogen-bond acceptors (Lipinski definition) is 5. The standard InChI is InChI=1S/C19H24N2O2S/c1-13-12-24-18(20-13)16-11-22-8-7-21(16)10-15-6-4-5-14-9-19(2,3)23-17(14)15/h4-6,12,16H,7-11H2,1-3H3. The van der Waals surface area contributed by atoms with E-state index in [0.29, 0.717) is 6.61 Å². The molecule has 1 unspecified atom stereocenters. The lowest BCUT2D eigenvalue weighted by atomic mass is 10.0. The molecule has 128 valence electrons. The Bertz CT molecular complexity index is 741. The Kier molecular flexibility index (Phi) is 4.11. The highest BCUT2D eigenvalue weighted by molar-refractivity contribution is 7.09. The van der Waals surface area contributed by atoms with Crippen molar-refractivity contribution in [1.82, 2.24) is 9.88 Å². The second-order valence-electron chi connectivity index (χ2n) is 7.33. The molecule has 2 aliphatic heterocycles. The Balaban J connectivity index is 1.59. The van der Waals surface area contributed by atoms with E-state index in [-0.39, 0.29) is 11.6 Å². The van der Waals surface area contributed by atoms with Crippen LogP contribution in [0.3, 0.4) is 0 Å². The first-order valence-electron chi connectivity index (χ1n) is 8.55. The Hall–Kier alpha value is -1.43. The molecule has 2 aromatic rings. The van der Waals surface area contributed by atoms with Crippen LogP contribution in [0.5, 0.6) is 5.75 Å². The minimum atomic E-state index is -0.102. The maximum atomic E-state index is 6.24. The van der Waals surface area contributed by atoms with Gasteiger partial charge < -0.3 is 9.47 Å². The average Bonchev–Trinajstić information content (AvgIpc) is 3.10. The van der Waals surface area contributed by atoms with Crippen molar-refractivity contribution < 1.29 is 9.47 Å². The van der Waals surface area contributed by atoms with Crippen LogP contribution in [0.4, 0.5) is 0 Å². The number of para-hydroxylation sites is 1. The zero-order valence-corrected chi connectivity index (χ0v) is 15.4. The number of thiazole rings is 1. The van der Waals surface area contributed by atoms with E-state index < -0.39 is 0 Å². The lowest BCUT2D eigenvalue weighted by Gasteiger charge is -2.34. The van der Waals surface area contributed by atoms with Crippen LogP contribution in [-0.4, -0.2) is 35.2 Å². The molecule has 1 saturated heterocycles. The van der Waals surface area contributed by atoms with Crippen LogP contribution in [-0.2, 0) is 17.7 Å². The van der Waals surface area contributed by atoms with E-state index in [1.807, 2.05) is 6.92 Å². The zero-order valence-electron chi connectivity index (χ0n) is 14.5. The third kappa shape index (κ3) is 3.08. The second-order valence-corrected chi connectivity index (χ2v) is 8.22. The fourth-order valence-electron chi connectivity index (χ4n) is 3.60. The summed E-state index contributed by atoms with van der Waals surface area (Å²) in [6, 6.07) is 6.78. The maximum absolute atomic E-state index is 6.24. The fraction of sp³-hybridized carbons (Fsp3) is 0.526. The second kappa shape index (κ2) is 6.14. The molecule has 0 saturated carbocycles. The summed E-state index contributed by atoms with van der Waals surface area (Å²) in [4.78, 5) is 7.17. The lowest BCUT2D eigenvalue weighted by Crippen LogP contribution is -2.39. The number of benzene rings is 1. The summed E-state index contributed by atoms with van der Waals surface area (Å²) >= 11 is 1.73. The van der Waals surface area contributed by atoms with Gasteiger partial charge in [0.2, 0.25) is 0 Å². The Morgan fingerprint density at radius 2 is 2.25 bits per heavy atom. The van der Waals surface area contributed by atoms with Gasteiger partial charge in [-0.25, -0.2) is 4.98 Å². The lowest BCUT2D eigenvalue weighted by molar-refractivity contribution is -0.0133. The summed E-state index contributed by atoms with van der Waals surface area (Å²) in [6.07, 6.45) is 0.981. The zero-order chi connectivity index (χ0) is 16.7. The summed E-state index contributed by atoms with van der Waals surface area (Å²) in [5.74, 6) is 1.09. The van der Waals surface area contributed by atoms with Gasteiger partial charge in [0, 0.05) is 36.1 Å². The highest BCUT2D eigenvalue weighted by Gasteiger charge is 2.33. The monoisotopic (exact) mass is 344 g/mol. The average molecular weight is 344 g/mol. The van der Waals surface area contributed by atoms with E-state index in [9.17, 15) is 0 Å². The molecule has 0 aliphatic carbocycles. The predicted octanol–water partition coefficient (Wildman–Crippen LogP) is 3.74. The fourth-order valence-corrected chi connectivity index (χ4v) is 4.52. The molecule has 0 N–H and O–H groups in total. The number of nitrogens with zero attached hydrogens (tertiary/aromatic N) is 2. The molecule has 5 heteroatoms. The molecular weight excluding hydrogens is 320 g/mol. The van der Waals surface area contributed by atoms with E-state index in [2.05, 4.69) is 47.3 Å². The highest BCUT2D eigenvalue weighted by atomic mass is 32.1. The number of fused-ring (bicyclic) bond motifs is 1. The predicted molar refractivity (Wildman–Crippen MR) is 95.7 cm³/mol. The largest absolute Gasteiger partial charge is 0.487 e. The highest BCUT2D eigenvalue weighted by Crippen LogP contribution is 2.39. The first-order valence-corrected chi connectivity index (χ1v) is 9.43. The molecular formula is C19H24N2O2S. The van der Waals surface area contributed by atoms with Gasteiger partial charge in [-0.1, -0.05) is 18.2 Å². The van der Waals surface area contributed by atoms with E-state index in [1.54, 1.807) is 11.3 Å². The minimum Gasteiger partial charge on any atom is -0.487 e. The molecule has 3 heterocycles. The number of ether oxygens (including phenoxy) is 2. The number of rotatable bonds is 3. The van der Waals surface area contributed by atoms with Crippen LogP contribution in [0.1, 0.15) is 41.7 Å². The molecule has 1 aromatic heterocycles. The molecule has 1 aromatic carbocycles. The van der Waals surface area contributed by atoms with Crippen LogP contribution in [0, 0.1) is 6.92 Å². The summed E-state index contributed by atoms with van der Waals surface area (Å²) in [6.45, 7) is 9.67. The summed E-state index contributed by atoms with van der Waals surface area (Å²) < 4.78 is 12.0.